The number of carbonyl (C=O) groups excluding carboxylic acids is 1. The summed E-state index contributed by atoms with van der Waals surface area (Å²) in [6.07, 6.45) is 0. The SMILES string of the molecule is NC(=O)c1cc(Cl)c(OCc2ccc(Cl)c(Cl)c2)c(Br)c1. The van der Waals surface area contributed by atoms with E-state index in [1.54, 1.807) is 24.3 Å². The Morgan fingerprint density at radius 1 is 1.10 bits per heavy atom. The Hall–Kier alpha value is -0.940. The summed E-state index contributed by atoms with van der Waals surface area (Å²) < 4.78 is 6.20. The predicted molar refractivity (Wildman–Crippen MR) is 88.5 cm³/mol. The summed E-state index contributed by atoms with van der Waals surface area (Å²) in [4.78, 5) is 11.1. The van der Waals surface area contributed by atoms with Gasteiger partial charge in [-0.05, 0) is 45.8 Å². The number of amides is 1. The van der Waals surface area contributed by atoms with Crippen LogP contribution in [-0.4, -0.2) is 5.91 Å². The van der Waals surface area contributed by atoms with E-state index >= 15 is 0 Å². The first-order valence-corrected chi connectivity index (χ1v) is 7.66. The first kappa shape index (κ1) is 16.4. The van der Waals surface area contributed by atoms with Crippen molar-refractivity contribution in [2.24, 2.45) is 5.73 Å². The fourth-order valence-corrected chi connectivity index (χ4v) is 2.91. The van der Waals surface area contributed by atoms with Crippen molar-refractivity contribution < 1.29 is 9.53 Å². The molecule has 0 saturated carbocycles. The van der Waals surface area contributed by atoms with Gasteiger partial charge in [-0.15, -0.1) is 0 Å². The number of halogens is 4. The first-order chi connectivity index (χ1) is 9.88. The number of hydrogen-bond acceptors (Lipinski definition) is 2. The molecule has 0 saturated heterocycles. The highest BCUT2D eigenvalue weighted by Crippen LogP contribution is 2.35. The predicted octanol–water partition coefficient (Wildman–Crippen LogP) is 5.09. The van der Waals surface area contributed by atoms with Gasteiger partial charge in [0.25, 0.3) is 0 Å². The molecule has 2 aromatic rings. The van der Waals surface area contributed by atoms with Crippen LogP contribution in [-0.2, 0) is 6.61 Å². The van der Waals surface area contributed by atoms with Crippen LogP contribution in [0.15, 0.2) is 34.8 Å². The van der Waals surface area contributed by atoms with Gasteiger partial charge in [0, 0.05) is 5.56 Å². The van der Waals surface area contributed by atoms with Gasteiger partial charge in [-0.3, -0.25) is 4.79 Å². The number of benzene rings is 2. The second-order valence-corrected chi connectivity index (χ2v) is 6.25. The first-order valence-electron chi connectivity index (χ1n) is 5.74. The Morgan fingerprint density at radius 2 is 1.81 bits per heavy atom. The third kappa shape index (κ3) is 4.04. The molecule has 0 aliphatic carbocycles. The van der Waals surface area contributed by atoms with E-state index in [0.29, 0.717) is 30.9 Å². The maximum absolute atomic E-state index is 11.1. The van der Waals surface area contributed by atoms with Crippen LogP contribution in [0, 0.1) is 0 Å². The minimum atomic E-state index is -0.561. The Morgan fingerprint density at radius 3 is 2.38 bits per heavy atom. The molecule has 0 spiro atoms. The highest BCUT2D eigenvalue weighted by atomic mass is 79.9. The lowest BCUT2D eigenvalue weighted by molar-refractivity contribution is 0.1000. The topological polar surface area (TPSA) is 52.3 Å². The summed E-state index contributed by atoms with van der Waals surface area (Å²) in [6, 6.07) is 8.21. The zero-order chi connectivity index (χ0) is 15.6. The summed E-state index contributed by atoms with van der Waals surface area (Å²) in [5, 5.41) is 1.22. The standard InChI is InChI=1S/C14H9BrCl3NO2/c15-9-4-8(14(19)20)5-12(18)13(9)21-6-7-1-2-10(16)11(17)3-7/h1-5H,6H2,(H2,19,20). The molecule has 3 nitrogen and oxygen atoms in total. The largest absolute Gasteiger partial charge is 0.486 e. The molecule has 0 heterocycles. The van der Waals surface area contributed by atoms with E-state index in [0.717, 1.165) is 5.56 Å². The van der Waals surface area contributed by atoms with E-state index in [1.165, 1.54) is 6.07 Å². The minimum absolute atomic E-state index is 0.255. The molecule has 21 heavy (non-hydrogen) atoms. The lowest BCUT2D eigenvalue weighted by Gasteiger charge is -2.11. The number of primary amides is 1. The van der Waals surface area contributed by atoms with Crippen molar-refractivity contribution >= 4 is 56.6 Å². The zero-order valence-electron chi connectivity index (χ0n) is 10.5. The second-order valence-electron chi connectivity index (χ2n) is 4.17. The number of ether oxygens (including phenoxy) is 1. The van der Waals surface area contributed by atoms with Gasteiger partial charge in [0.2, 0.25) is 5.91 Å². The van der Waals surface area contributed by atoms with E-state index in [-0.39, 0.29) is 6.61 Å². The van der Waals surface area contributed by atoms with Crippen molar-refractivity contribution in [2.45, 2.75) is 6.61 Å². The van der Waals surface area contributed by atoms with Crippen molar-refractivity contribution in [1.29, 1.82) is 0 Å². The summed E-state index contributed by atoms with van der Waals surface area (Å²) in [6.45, 7) is 0.255. The molecular formula is C14H9BrCl3NO2. The number of rotatable bonds is 4. The van der Waals surface area contributed by atoms with Crippen molar-refractivity contribution in [2.75, 3.05) is 0 Å². The zero-order valence-corrected chi connectivity index (χ0v) is 14.4. The van der Waals surface area contributed by atoms with Gasteiger partial charge in [-0.2, -0.15) is 0 Å². The van der Waals surface area contributed by atoms with Crippen LogP contribution in [0.2, 0.25) is 15.1 Å². The molecule has 0 fully saturated rings. The quantitative estimate of drug-likeness (QED) is 0.765. The fourth-order valence-electron chi connectivity index (χ4n) is 1.62. The van der Waals surface area contributed by atoms with Gasteiger partial charge >= 0.3 is 0 Å². The Labute approximate surface area is 145 Å². The molecule has 0 radical (unpaired) electrons. The molecule has 2 aromatic carbocycles. The Bertz CT molecular complexity index is 684. The third-order valence-electron chi connectivity index (χ3n) is 2.65. The number of carbonyl (C=O) groups is 1. The maximum Gasteiger partial charge on any atom is 0.248 e. The van der Waals surface area contributed by atoms with Crippen LogP contribution >= 0.6 is 50.7 Å². The van der Waals surface area contributed by atoms with Crippen LogP contribution in [0.1, 0.15) is 15.9 Å². The lowest BCUT2D eigenvalue weighted by atomic mass is 10.2. The van der Waals surface area contributed by atoms with E-state index in [9.17, 15) is 4.79 Å². The molecule has 0 atom stereocenters. The molecule has 2 rings (SSSR count). The lowest BCUT2D eigenvalue weighted by Crippen LogP contribution is -2.11. The minimum Gasteiger partial charge on any atom is -0.486 e. The van der Waals surface area contributed by atoms with Crippen molar-refractivity contribution in [1.82, 2.24) is 0 Å². The van der Waals surface area contributed by atoms with Crippen LogP contribution in [0.4, 0.5) is 0 Å². The van der Waals surface area contributed by atoms with E-state index in [4.69, 9.17) is 45.3 Å². The molecule has 0 bridgehead atoms. The molecule has 2 N–H and O–H groups in total. The van der Waals surface area contributed by atoms with Crippen molar-refractivity contribution in [3.05, 3.63) is 61.0 Å². The van der Waals surface area contributed by atoms with Crippen LogP contribution in [0.5, 0.6) is 5.75 Å². The Balaban J connectivity index is 2.20. The normalized spacial score (nSPS) is 10.5. The van der Waals surface area contributed by atoms with E-state index < -0.39 is 5.91 Å². The van der Waals surface area contributed by atoms with Crippen LogP contribution in [0.25, 0.3) is 0 Å². The van der Waals surface area contributed by atoms with Gasteiger partial charge in [0.15, 0.2) is 5.75 Å². The summed E-state index contributed by atoms with van der Waals surface area (Å²) in [5.41, 5.74) is 6.35. The third-order valence-corrected chi connectivity index (χ3v) is 4.26. The highest BCUT2D eigenvalue weighted by Gasteiger charge is 2.12. The molecular weight excluding hydrogens is 400 g/mol. The molecule has 1 amide bonds. The summed E-state index contributed by atoms with van der Waals surface area (Å²) in [7, 11) is 0. The Kier molecular flexibility index (Phi) is 5.38. The molecule has 7 heteroatoms. The summed E-state index contributed by atoms with van der Waals surface area (Å²) >= 11 is 21.2. The van der Waals surface area contributed by atoms with E-state index in [2.05, 4.69) is 15.9 Å². The molecule has 0 unspecified atom stereocenters. The van der Waals surface area contributed by atoms with Crippen LogP contribution in [0.3, 0.4) is 0 Å². The van der Waals surface area contributed by atoms with Gasteiger partial charge in [-0.1, -0.05) is 40.9 Å². The average Bonchev–Trinajstić information content (AvgIpc) is 2.41. The number of nitrogens with two attached hydrogens (primary N) is 1. The molecule has 110 valence electrons. The van der Waals surface area contributed by atoms with Gasteiger partial charge < -0.3 is 10.5 Å². The van der Waals surface area contributed by atoms with Crippen molar-refractivity contribution in [3.63, 3.8) is 0 Å². The van der Waals surface area contributed by atoms with Gasteiger partial charge in [0.1, 0.15) is 6.61 Å². The van der Waals surface area contributed by atoms with Gasteiger partial charge in [0.05, 0.1) is 19.5 Å². The van der Waals surface area contributed by atoms with E-state index in [1.807, 2.05) is 0 Å². The smallest absolute Gasteiger partial charge is 0.248 e. The van der Waals surface area contributed by atoms with Gasteiger partial charge in [-0.25, -0.2) is 0 Å². The molecule has 0 aromatic heterocycles. The highest BCUT2D eigenvalue weighted by molar-refractivity contribution is 9.10. The van der Waals surface area contributed by atoms with Crippen LogP contribution < -0.4 is 10.5 Å². The summed E-state index contributed by atoms with van der Waals surface area (Å²) in [5.74, 6) is -0.138. The monoisotopic (exact) mass is 407 g/mol. The number of hydrogen-bond donors (Lipinski definition) is 1. The second kappa shape index (κ2) is 6.88. The average molecular weight is 409 g/mol. The maximum atomic E-state index is 11.1. The molecule has 0 aliphatic rings. The molecule has 0 aliphatic heterocycles. The van der Waals surface area contributed by atoms with Crippen molar-refractivity contribution in [3.8, 4) is 5.75 Å². The fraction of sp³-hybridized carbons (Fsp3) is 0.0714.